The van der Waals surface area contributed by atoms with Gasteiger partial charge in [0.2, 0.25) is 5.91 Å². The highest BCUT2D eigenvalue weighted by molar-refractivity contribution is 7.99. The number of aromatic nitrogens is 4. The number of hydrogen-bond donors (Lipinski definition) is 1. The summed E-state index contributed by atoms with van der Waals surface area (Å²) in [6.45, 7) is 8.92. The minimum absolute atomic E-state index is 0.00187. The first-order valence-corrected chi connectivity index (χ1v) is 12.6. The van der Waals surface area contributed by atoms with Gasteiger partial charge in [0.15, 0.2) is 16.1 Å². The molecule has 3 heterocycles. The maximum Gasteiger partial charge on any atom is 0.254 e. The first kappa shape index (κ1) is 23.2. The van der Waals surface area contributed by atoms with Crippen LogP contribution in [-0.4, -0.2) is 48.8 Å². The van der Waals surface area contributed by atoms with Gasteiger partial charge in [-0.15, -0.1) is 28.1 Å². The van der Waals surface area contributed by atoms with Gasteiger partial charge in [0.1, 0.15) is 0 Å². The topological polar surface area (TPSA) is 93.0 Å². The Bertz CT molecular complexity index is 1150. The molecule has 0 saturated carbocycles. The van der Waals surface area contributed by atoms with Crippen LogP contribution in [0.15, 0.2) is 47.5 Å². The summed E-state index contributed by atoms with van der Waals surface area (Å²) < 4.78 is 1.95. The summed E-state index contributed by atoms with van der Waals surface area (Å²) in [6.07, 6.45) is 3.50. The van der Waals surface area contributed by atoms with Crippen molar-refractivity contribution < 1.29 is 9.59 Å². The van der Waals surface area contributed by atoms with Crippen molar-refractivity contribution in [3.63, 3.8) is 0 Å². The number of nitrogens with zero attached hydrogens (tertiary/aromatic N) is 5. The van der Waals surface area contributed by atoms with Gasteiger partial charge < -0.3 is 14.8 Å². The van der Waals surface area contributed by atoms with Crippen LogP contribution in [0.5, 0.6) is 0 Å². The number of benzene rings is 1. The van der Waals surface area contributed by atoms with E-state index < -0.39 is 0 Å². The molecular weight excluding hydrogens is 456 g/mol. The fourth-order valence-electron chi connectivity index (χ4n) is 3.79. The highest BCUT2D eigenvalue weighted by Gasteiger charge is 2.34. The number of carbonyl (C=O) groups excluding carboxylic acids is 2. The molecule has 1 atom stereocenters. The molecule has 8 nitrogen and oxygen atoms in total. The van der Waals surface area contributed by atoms with Gasteiger partial charge in [-0.05, 0) is 38.8 Å². The number of nitrogens with one attached hydrogen (secondary N) is 1. The van der Waals surface area contributed by atoms with E-state index in [2.05, 4.69) is 27.1 Å². The standard InChI is InChI=1S/C23H26N6O2S2/c1-4-11-29-20(18-6-5-12-28(18)21(31)17-9-7-15(2)8-10-17)26-27-23(29)33-14-19(30)25-22-24-16(3)13-32-22/h4,7-10,13,18H,1,5-6,11-12,14H2,2-3H3,(H,24,25,30). The van der Waals surface area contributed by atoms with Gasteiger partial charge in [-0.1, -0.05) is 35.5 Å². The summed E-state index contributed by atoms with van der Waals surface area (Å²) in [5, 5.41) is 14.7. The number of allylic oxidation sites excluding steroid dienone is 1. The molecule has 1 saturated heterocycles. The Morgan fingerprint density at radius 3 is 2.76 bits per heavy atom. The fraction of sp³-hybridized carbons (Fsp3) is 0.348. The Balaban J connectivity index is 1.49. The summed E-state index contributed by atoms with van der Waals surface area (Å²) >= 11 is 2.71. The molecule has 1 N–H and O–H groups in total. The molecule has 1 aromatic carbocycles. The molecule has 33 heavy (non-hydrogen) atoms. The van der Waals surface area contributed by atoms with Gasteiger partial charge in [-0.25, -0.2) is 4.98 Å². The van der Waals surface area contributed by atoms with Crippen molar-refractivity contribution in [2.45, 2.75) is 44.4 Å². The van der Waals surface area contributed by atoms with Gasteiger partial charge in [-0.3, -0.25) is 9.59 Å². The SMILES string of the molecule is C=CCn1c(SCC(=O)Nc2nc(C)cs2)nnc1C1CCCN1C(=O)c1ccc(C)cc1. The molecule has 1 aliphatic rings. The second-order valence-corrected chi connectivity index (χ2v) is 9.69. The van der Waals surface area contributed by atoms with E-state index in [0.29, 0.717) is 28.9 Å². The Morgan fingerprint density at radius 1 is 1.27 bits per heavy atom. The van der Waals surface area contributed by atoms with Crippen LogP contribution in [0.1, 0.15) is 46.3 Å². The lowest BCUT2D eigenvalue weighted by atomic mass is 10.1. The van der Waals surface area contributed by atoms with E-state index in [4.69, 9.17) is 0 Å². The average molecular weight is 483 g/mol. The van der Waals surface area contributed by atoms with E-state index in [9.17, 15) is 9.59 Å². The molecule has 1 fully saturated rings. The molecule has 2 amide bonds. The number of aryl methyl sites for hydroxylation is 2. The molecule has 0 radical (unpaired) electrons. The Labute approximate surface area is 201 Å². The number of amides is 2. The Morgan fingerprint density at radius 2 is 2.06 bits per heavy atom. The molecule has 0 aliphatic carbocycles. The molecular formula is C23H26N6O2S2. The third-order valence-electron chi connectivity index (χ3n) is 5.37. The van der Waals surface area contributed by atoms with Crippen molar-refractivity contribution in [3.05, 3.63) is 64.9 Å². The predicted octanol–water partition coefficient (Wildman–Crippen LogP) is 4.25. The van der Waals surface area contributed by atoms with Crippen molar-refractivity contribution in [2.75, 3.05) is 17.6 Å². The molecule has 1 unspecified atom stereocenters. The first-order chi connectivity index (χ1) is 16.0. The maximum absolute atomic E-state index is 13.2. The van der Waals surface area contributed by atoms with Crippen LogP contribution in [0.4, 0.5) is 5.13 Å². The van der Waals surface area contributed by atoms with Gasteiger partial charge in [0.25, 0.3) is 5.91 Å². The van der Waals surface area contributed by atoms with Crippen molar-refractivity contribution in [3.8, 4) is 0 Å². The molecule has 2 aromatic heterocycles. The number of rotatable bonds is 8. The van der Waals surface area contributed by atoms with Crippen molar-refractivity contribution in [2.24, 2.45) is 0 Å². The number of carbonyl (C=O) groups is 2. The van der Waals surface area contributed by atoms with Crippen molar-refractivity contribution in [1.82, 2.24) is 24.6 Å². The molecule has 172 valence electrons. The molecule has 0 bridgehead atoms. The molecule has 4 rings (SSSR count). The zero-order chi connectivity index (χ0) is 23.4. The summed E-state index contributed by atoms with van der Waals surface area (Å²) in [7, 11) is 0. The van der Waals surface area contributed by atoms with Gasteiger partial charge in [0, 0.05) is 24.0 Å². The second kappa shape index (κ2) is 10.3. The van der Waals surface area contributed by atoms with E-state index in [1.807, 2.05) is 53.0 Å². The van der Waals surface area contributed by atoms with Crippen LogP contribution in [-0.2, 0) is 11.3 Å². The van der Waals surface area contributed by atoms with E-state index in [1.165, 1.54) is 23.1 Å². The molecule has 0 spiro atoms. The third-order valence-corrected chi connectivity index (χ3v) is 7.21. The van der Waals surface area contributed by atoms with E-state index in [0.717, 1.165) is 29.9 Å². The van der Waals surface area contributed by atoms with Crippen molar-refractivity contribution >= 4 is 40.0 Å². The van der Waals surface area contributed by atoms with E-state index in [-0.39, 0.29) is 23.6 Å². The third kappa shape index (κ3) is 5.33. The quantitative estimate of drug-likeness (QED) is 0.381. The second-order valence-electron chi connectivity index (χ2n) is 7.89. The van der Waals surface area contributed by atoms with Crippen LogP contribution in [0, 0.1) is 13.8 Å². The van der Waals surface area contributed by atoms with Crippen LogP contribution < -0.4 is 5.32 Å². The summed E-state index contributed by atoms with van der Waals surface area (Å²) in [4.78, 5) is 31.7. The smallest absolute Gasteiger partial charge is 0.254 e. The lowest BCUT2D eigenvalue weighted by Crippen LogP contribution is -2.32. The summed E-state index contributed by atoms with van der Waals surface area (Å²) in [5.74, 6) is 0.760. The number of thiazole rings is 1. The number of thioether (sulfide) groups is 1. The van der Waals surface area contributed by atoms with Crippen LogP contribution >= 0.6 is 23.1 Å². The summed E-state index contributed by atoms with van der Waals surface area (Å²) in [5.41, 5.74) is 2.66. The number of likely N-dealkylation sites (tertiary alicyclic amines) is 1. The lowest BCUT2D eigenvalue weighted by Gasteiger charge is -2.24. The van der Waals surface area contributed by atoms with Gasteiger partial charge in [-0.2, -0.15) is 0 Å². The monoisotopic (exact) mass is 482 g/mol. The molecule has 3 aromatic rings. The molecule has 10 heteroatoms. The minimum Gasteiger partial charge on any atom is -0.328 e. The van der Waals surface area contributed by atoms with E-state index in [1.54, 1.807) is 6.08 Å². The minimum atomic E-state index is -0.160. The first-order valence-electron chi connectivity index (χ1n) is 10.7. The van der Waals surface area contributed by atoms with Crippen LogP contribution in [0.25, 0.3) is 0 Å². The van der Waals surface area contributed by atoms with Gasteiger partial charge >= 0.3 is 0 Å². The lowest BCUT2D eigenvalue weighted by molar-refractivity contribution is -0.113. The van der Waals surface area contributed by atoms with Crippen LogP contribution in [0.3, 0.4) is 0 Å². The van der Waals surface area contributed by atoms with Crippen LogP contribution in [0.2, 0.25) is 0 Å². The highest BCUT2D eigenvalue weighted by Crippen LogP contribution is 2.34. The molecule has 1 aliphatic heterocycles. The highest BCUT2D eigenvalue weighted by atomic mass is 32.2. The van der Waals surface area contributed by atoms with E-state index >= 15 is 0 Å². The predicted molar refractivity (Wildman–Crippen MR) is 131 cm³/mol. The average Bonchev–Trinajstić information content (AvgIpc) is 3.53. The largest absolute Gasteiger partial charge is 0.328 e. The zero-order valence-electron chi connectivity index (χ0n) is 18.7. The maximum atomic E-state index is 13.2. The Kier molecular flexibility index (Phi) is 7.24. The zero-order valence-corrected chi connectivity index (χ0v) is 20.3. The van der Waals surface area contributed by atoms with Gasteiger partial charge in [0.05, 0.1) is 17.5 Å². The fourth-order valence-corrected chi connectivity index (χ4v) is 5.25. The Hall–Kier alpha value is -2.98. The summed E-state index contributed by atoms with van der Waals surface area (Å²) in [6, 6.07) is 7.47. The number of anilines is 1. The van der Waals surface area contributed by atoms with Crippen molar-refractivity contribution in [1.29, 1.82) is 0 Å². The normalized spacial score (nSPS) is 15.6. The number of hydrogen-bond acceptors (Lipinski definition) is 7.